The fourth-order valence-corrected chi connectivity index (χ4v) is 14.1. The average molecular weight is 1150 g/mol. The number of aryl methyl sites for hydroxylation is 1. The first-order valence-electron chi connectivity index (χ1n) is 27.1. The Bertz CT molecular complexity index is 3680. The number of thiazole rings is 1. The SMILES string of the molecule is Nc1nc(/C(=N/OC(c2ccccc2)(c2ccccc2)c2ccccc2)C(=O)N[C@@H]2C(=O)N3C(C(=O)OC(c4ccccc4)c4ccccc4)=C(SCCc4cnn(C(c5ccccc5)(c5ccccc5)c5ccccc5)c4)CS[C@@H]23)cs1. The van der Waals surface area contributed by atoms with E-state index in [9.17, 15) is 9.59 Å². The standard InChI is InChI=1S/C68H55N7O5S3/c69-66-71-56(45-83-66)58(73-80-68(53-35-19-6-20-36-53,54-37-21-7-22-38-54)55-39-23-8-24-40-55)62(76)72-59-63(77)75-60(65(78)79-61(48-25-9-1-10-26-48)49-27-11-2-12-28-49)57(46-82-64(59)75)81-42-41-47-43-70-74(44-47)67(50-29-13-3-14-30-50,51-31-15-4-16-32-51)52-33-17-5-18-34-52/h1-40,43-45,59,61,64H,41-42,46H2,(H2,69,71)(H,72,76)/b73-58-/t59-,64+/m1/s1. The van der Waals surface area contributed by atoms with Crippen LogP contribution in [0.4, 0.5) is 5.13 Å². The molecule has 0 aliphatic carbocycles. The maximum Gasteiger partial charge on any atom is 0.356 e. The second kappa shape index (κ2) is 24.4. The van der Waals surface area contributed by atoms with Gasteiger partial charge >= 0.3 is 5.97 Å². The molecule has 0 unspecified atom stereocenters. The number of esters is 1. The van der Waals surface area contributed by atoms with E-state index in [0.717, 1.165) is 61.4 Å². The third kappa shape index (κ3) is 10.8. The minimum absolute atomic E-state index is 0.140. The Balaban J connectivity index is 0.860. The third-order valence-electron chi connectivity index (χ3n) is 14.9. The number of oxime groups is 1. The number of hydrogen-bond donors (Lipinski definition) is 2. The Morgan fingerprint density at radius 1 is 0.663 bits per heavy atom. The summed E-state index contributed by atoms with van der Waals surface area (Å²) in [4.78, 5) is 58.4. The normalized spacial score (nSPS) is 15.3. The zero-order valence-electron chi connectivity index (χ0n) is 44.8. The molecule has 10 aromatic rings. The molecule has 83 heavy (non-hydrogen) atoms. The quantitative estimate of drug-likeness (QED) is 0.0248. The summed E-state index contributed by atoms with van der Waals surface area (Å²) in [6.07, 6.45) is 3.82. The van der Waals surface area contributed by atoms with Gasteiger partial charge in [0.05, 0.1) is 6.20 Å². The van der Waals surface area contributed by atoms with E-state index in [1.807, 2.05) is 176 Å². The van der Waals surface area contributed by atoms with Crippen molar-refractivity contribution in [1.82, 2.24) is 25.0 Å². The lowest BCUT2D eigenvalue weighted by atomic mass is 9.77. The zero-order valence-corrected chi connectivity index (χ0v) is 47.2. The molecule has 1 fully saturated rings. The Labute approximate surface area is 493 Å². The lowest BCUT2D eigenvalue weighted by molar-refractivity contribution is -0.154. The minimum Gasteiger partial charge on any atom is -0.448 e. The number of rotatable bonds is 20. The van der Waals surface area contributed by atoms with E-state index < -0.39 is 46.4 Å². The van der Waals surface area contributed by atoms with E-state index in [0.29, 0.717) is 22.8 Å². The van der Waals surface area contributed by atoms with Crippen LogP contribution in [0.25, 0.3) is 0 Å². The number of nitrogens with one attached hydrogen (secondary N) is 1. The number of thioether (sulfide) groups is 2. The van der Waals surface area contributed by atoms with Crippen LogP contribution in [-0.2, 0) is 41.5 Å². The second-order valence-corrected chi connectivity index (χ2v) is 23.0. The van der Waals surface area contributed by atoms with E-state index in [4.69, 9.17) is 20.4 Å². The van der Waals surface area contributed by atoms with E-state index in [-0.39, 0.29) is 22.2 Å². The number of ether oxygens (including phenoxy) is 1. The highest BCUT2D eigenvalue weighted by atomic mass is 32.2. The third-order valence-corrected chi connectivity index (χ3v) is 18.1. The van der Waals surface area contributed by atoms with Gasteiger partial charge in [-0.05, 0) is 39.8 Å². The van der Waals surface area contributed by atoms with Gasteiger partial charge in [0.15, 0.2) is 16.9 Å². The molecule has 0 radical (unpaired) electrons. The molecule has 2 aromatic heterocycles. The van der Waals surface area contributed by atoms with Crippen molar-refractivity contribution in [2.24, 2.45) is 5.16 Å². The van der Waals surface area contributed by atoms with Gasteiger partial charge in [-0.25, -0.2) is 9.78 Å². The summed E-state index contributed by atoms with van der Waals surface area (Å²) < 4.78 is 8.59. The molecule has 0 bridgehead atoms. The van der Waals surface area contributed by atoms with Gasteiger partial charge in [0.2, 0.25) is 5.60 Å². The summed E-state index contributed by atoms with van der Waals surface area (Å²) in [5, 5.41) is 13.9. The molecule has 0 saturated carbocycles. The number of nitrogens with zero attached hydrogens (tertiary/aromatic N) is 5. The number of carbonyl (C=O) groups is 3. The van der Waals surface area contributed by atoms with Crippen LogP contribution < -0.4 is 11.1 Å². The molecular formula is C68H55N7O5S3. The largest absolute Gasteiger partial charge is 0.448 e. The number of carbonyl (C=O) groups excluding carboxylic acids is 3. The van der Waals surface area contributed by atoms with Crippen LogP contribution in [0.2, 0.25) is 0 Å². The second-order valence-electron chi connectivity index (χ2n) is 19.8. The summed E-state index contributed by atoms with van der Waals surface area (Å²) in [7, 11) is 0. The topological polar surface area (TPSA) is 154 Å². The van der Waals surface area contributed by atoms with Gasteiger partial charge in [0.1, 0.15) is 28.3 Å². The molecule has 15 heteroatoms. The smallest absolute Gasteiger partial charge is 0.356 e. The molecule has 8 aromatic carbocycles. The van der Waals surface area contributed by atoms with Gasteiger partial charge in [-0.3, -0.25) is 19.2 Å². The number of hydrogen-bond acceptors (Lipinski definition) is 12. The molecule has 3 N–H and O–H groups in total. The van der Waals surface area contributed by atoms with Crippen LogP contribution in [-0.4, -0.2) is 66.1 Å². The molecule has 2 amide bonds. The van der Waals surface area contributed by atoms with E-state index in [1.165, 1.54) is 28.4 Å². The molecule has 0 spiro atoms. The fourth-order valence-electron chi connectivity index (χ4n) is 10.9. The summed E-state index contributed by atoms with van der Waals surface area (Å²) in [5.41, 5.74) is 12.2. The molecule has 4 heterocycles. The predicted molar refractivity (Wildman–Crippen MR) is 329 cm³/mol. The monoisotopic (exact) mass is 1150 g/mol. The van der Waals surface area contributed by atoms with Crippen molar-refractivity contribution < 1.29 is 24.0 Å². The number of nitrogen functional groups attached to an aromatic ring is 1. The first-order valence-corrected chi connectivity index (χ1v) is 30.0. The summed E-state index contributed by atoms with van der Waals surface area (Å²) in [6.45, 7) is 0. The average Bonchev–Trinajstić information content (AvgIpc) is 4.45. The lowest BCUT2D eigenvalue weighted by Crippen LogP contribution is -2.71. The first-order chi connectivity index (χ1) is 40.8. The van der Waals surface area contributed by atoms with E-state index >= 15 is 4.79 Å². The number of nitrogens with two attached hydrogens (primary N) is 1. The molecule has 12 nitrogen and oxygen atoms in total. The minimum atomic E-state index is -1.33. The summed E-state index contributed by atoms with van der Waals surface area (Å²) in [6, 6.07) is 78.2. The molecule has 2 atom stereocenters. The number of fused-ring (bicyclic) bond motifs is 1. The molecular weight excluding hydrogens is 1090 g/mol. The molecule has 12 rings (SSSR count). The zero-order chi connectivity index (χ0) is 56.6. The fraction of sp³-hybridized carbons (Fsp3) is 0.118. The first kappa shape index (κ1) is 54.3. The van der Waals surface area contributed by atoms with Crippen LogP contribution >= 0.6 is 34.9 Å². The summed E-state index contributed by atoms with van der Waals surface area (Å²) >= 11 is 4.11. The summed E-state index contributed by atoms with van der Waals surface area (Å²) in [5.74, 6) is -0.950. The number of aromatic nitrogens is 3. The maximum absolute atomic E-state index is 15.2. The van der Waals surface area contributed by atoms with Crippen LogP contribution in [0.15, 0.2) is 276 Å². The molecule has 2 aliphatic rings. The van der Waals surface area contributed by atoms with Gasteiger partial charge in [-0.2, -0.15) is 5.10 Å². The van der Waals surface area contributed by atoms with E-state index in [2.05, 4.69) is 99.1 Å². The van der Waals surface area contributed by atoms with Gasteiger partial charge in [0, 0.05) is 44.7 Å². The van der Waals surface area contributed by atoms with Gasteiger partial charge in [-0.1, -0.05) is 248 Å². The Kier molecular flexibility index (Phi) is 16.0. The molecule has 1 saturated heterocycles. The van der Waals surface area contributed by atoms with Crippen molar-refractivity contribution in [3.63, 3.8) is 0 Å². The number of anilines is 1. The van der Waals surface area contributed by atoms with E-state index in [1.54, 1.807) is 5.38 Å². The predicted octanol–water partition coefficient (Wildman–Crippen LogP) is 12.4. The molecule has 410 valence electrons. The van der Waals surface area contributed by atoms with Gasteiger partial charge in [0.25, 0.3) is 11.8 Å². The Morgan fingerprint density at radius 3 is 1.58 bits per heavy atom. The Hall–Kier alpha value is -9.28. The maximum atomic E-state index is 15.2. The lowest BCUT2D eigenvalue weighted by Gasteiger charge is -2.49. The highest BCUT2D eigenvalue weighted by molar-refractivity contribution is 8.06. The van der Waals surface area contributed by atoms with Crippen molar-refractivity contribution in [3.8, 4) is 0 Å². The van der Waals surface area contributed by atoms with Crippen molar-refractivity contribution in [2.45, 2.75) is 35.1 Å². The number of β-lactam (4-membered cyclic amide) rings is 1. The van der Waals surface area contributed by atoms with Crippen LogP contribution in [0.1, 0.15) is 61.9 Å². The number of amides is 2. The van der Waals surface area contributed by atoms with Gasteiger partial charge < -0.3 is 20.6 Å². The highest BCUT2D eigenvalue weighted by Gasteiger charge is 2.55. The van der Waals surface area contributed by atoms with Crippen molar-refractivity contribution in [1.29, 1.82) is 0 Å². The van der Waals surface area contributed by atoms with Crippen molar-refractivity contribution in [3.05, 3.63) is 327 Å². The van der Waals surface area contributed by atoms with Crippen molar-refractivity contribution >= 4 is 63.5 Å². The van der Waals surface area contributed by atoms with Crippen LogP contribution in [0.5, 0.6) is 0 Å². The van der Waals surface area contributed by atoms with Crippen LogP contribution in [0.3, 0.4) is 0 Å². The highest BCUT2D eigenvalue weighted by Crippen LogP contribution is 2.46. The Morgan fingerprint density at radius 2 is 1.12 bits per heavy atom. The van der Waals surface area contributed by atoms with Crippen molar-refractivity contribution in [2.75, 3.05) is 17.2 Å². The number of benzene rings is 8. The molecule has 2 aliphatic heterocycles. The van der Waals surface area contributed by atoms with Crippen LogP contribution in [0, 0.1) is 0 Å². The van der Waals surface area contributed by atoms with Gasteiger partial charge in [-0.15, -0.1) is 34.9 Å².